The Balaban J connectivity index is 0.00000125. The van der Waals surface area contributed by atoms with E-state index in [2.05, 4.69) is 25.9 Å². The Morgan fingerprint density at radius 2 is 1.77 bits per heavy atom. The van der Waals surface area contributed by atoms with E-state index in [9.17, 15) is 18.0 Å². The fraction of sp³-hybridized carbons (Fsp3) is 0.462. The summed E-state index contributed by atoms with van der Waals surface area (Å²) in [6, 6.07) is 7.70. The van der Waals surface area contributed by atoms with E-state index < -0.39 is 25.2 Å². The number of aliphatic hydroxyl groups excluding tert-OH is 1. The van der Waals surface area contributed by atoms with Gasteiger partial charge in [0.25, 0.3) is 0 Å². The molecule has 14 heteroatoms. The van der Waals surface area contributed by atoms with E-state index in [1.807, 2.05) is 51.7 Å². The molecule has 10 nitrogen and oxygen atoms in total. The van der Waals surface area contributed by atoms with Gasteiger partial charge in [-0.3, -0.25) is 4.79 Å². The molecule has 1 saturated carbocycles. The van der Waals surface area contributed by atoms with Crippen molar-refractivity contribution in [1.29, 1.82) is 0 Å². The fourth-order valence-corrected chi connectivity index (χ4v) is 5.13. The second kappa shape index (κ2) is 17.1. The van der Waals surface area contributed by atoms with Crippen molar-refractivity contribution < 1.29 is 32.7 Å². The summed E-state index contributed by atoms with van der Waals surface area (Å²) in [4.78, 5) is 40.7. The van der Waals surface area contributed by atoms with Crippen LogP contribution in [0, 0.1) is 12.8 Å². The minimum Gasteiger partial charge on any atom is -0.387 e. The second-order valence-electron chi connectivity index (χ2n) is 8.29. The molecular weight excluding hydrogens is 549 g/mol. The minimum absolute atomic E-state index is 0.0222. The van der Waals surface area contributed by atoms with Crippen molar-refractivity contribution in [2.75, 3.05) is 30.3 Å². The maximum Gasteiger partial charge on any atom is 0.405 e. The standard InChI is InChI=1S/C22H25F3N6O2S.C2H6.2CH2O/c1-12-18(20-30-15-4-2-3-5-16(15)34-20)19(31-21(28-12)27-11-22(23,24)25)29-14-7-6-13(8-14)9-26-17(33)10-32;3*1-2/h2-5,13-14,32H,6-11H2,1H3,(H,26,33)(H2,27,28,29,31);1-2H3;2*1H2/t13-,14+;;;/m1.../s1. The first-order chi connectivity index (χ1) is 19.2. The summed E-state index contributed by atoms with van der Waals surface area (Å²) in [5, 5.41) is 17.9. The first-order valence-electron chi connectivity index (χ1n) is 12.5. The first-order valence-corrected chi connectivity index (χ1v) is 13.3. The lowest BCUT2D eigenvalue weighted by Crippen LogP contribution is -2.31. The molecule has 1 aliphatic rings. The number of aromatic nitrogens is 3. The van der Waals surface area contributed by atoms with Crippen LogP contribution in [-0.4, -0.2) is 71.5 Å². The van der Waals surface area contributed by atoms with Crippen molar-refractivity contribution in [2.45, 2.75) is 52.3 Å². The lowest BCUT2D eigenvalue weighted by molar-refractivity contribution is -0.124. The molecule has 1 aliphatic carbocycles. The van der Waals surface area contributed by atoms with E-state index >= 15 is 0 Å². The number of carbonyl (C=O) groups is 3. The summed E-state index contributed by atoms with van der Waals surface area (Å²) in [7, 11) is 0. The van der Waals surface area contributed by atoms with E-state index in [0.29, 0.717) is 28.6 Å². The number of fused-ring (bicyclic) bond motifs is 1. The highest BCUT2D eigenvalue weighted by Crippen LogP contribution is 2.38. The number of benzene rings is 1. The maximum absolute atomic E-state index is 12.7. The van der Waals surface area contributed by atoms with E-state index in [0.717, 1.165) is 29.5 Å². The molecule has 4 rings (SSSR count). The SMILES string of the molecule is C=O.C=O.CC.Cc1nc(NCC(F)(F)F)nc(N[C@H]2CC[C@@H](CNC(=O)CO)C2)c1-c1nc2ccccc2s1. The van der Waals surface area contributed by atoms with Crippen molar-refractivity contribution in [2.24, 2.45) is 5.92 Å². The molecule has 2 atom stereocenters. The molecule has 2 aromatic heterocycles. The minimum atomic E-state index is -4.39. The Bertz CT molecular complexity index is 1180. The third-order valence-corrected chi connectivity index (χ3v) is 6.71. The number of amides is 1. The smallest absolute Gasteiger partial charge is 0.387 e. The predicted octanol–water partition coefficient (Wildman–Crippen LogP) is 4.38. The van der Waals surface area contributed by atoms with Gasteiger partial charge < -0.3 is 30.6 Å². The predicted molar refractivity (Wildman–Crippen MR) is 150 cm³/mol. The van der Waals surface area contributed by atoms with Crippen LogP contribution in [0.3, 0.4) is 0 Å². The van der Waals surface area contributed by atoms with Gasteiger partial charge in [-0.15, -0.1) is 11.3 Å². The van der Waals surface area contributed by atoms with Crippen molar-refractivity contribution in [3.63, 3.8) is 0 Å². The summed E-state index contributed by atoms with van der Waals surface area (Å²) < 4.78 is 39.2. The van der Waals surface area contributed by atoms with Crippen molar-refractivity contribution >= 4 is 52.8 Å². The Kier molecular flexibility index (Phi) is 14.7. The number of hydrogen-bond acceptors (Lipinski definition) is 10. The molecule has 2 heterocycles. The van der Waals surface area contributed by atoms with Crippen molar-refractivity contribution in [3.05, 3.63) is 30.0 Å². The number of nitrogens with zero attached hydrogens (tertiary/aromatic N) is 3. The zero-order valence-corrected chi connectivity index (χ0v) is 23.5. The van der Waals surface area contributed by atoms with Crippen LogP contribution in [0.4, 0.5) is 24.9 Å². The fourth-order valence-electron chi connectivity index (χ4n) is 4.07. The molecule has 0 unspecified atom stereocenters. The van der Waals surface area contributed by atoms with Crippen LogP contribution in [0.2, 0.25) is 0 Å². The van der Waals surface area contributed by atoms with Crippen molar-refractivity contribution in [1.82, 2.24) is 20.3 Å². The number of rotatable bonds is 8. The summed E-state index contributed by atoms with van der Waals surface area (Å²) in [5.74, 6) is 0.138. The van der Waals surface area contributed by atoms with E-state index in [-0.39, 0.29) is 17.9 Å². The van der Waals surface area contributed by atoms with Gasteiger partial charge in [0.1, 0.15) is 37.6 Å². The molecule has 0 radical (unpaired) electrons. The van der Waals surface area contributed by atoms with Crippen LogP contribution >= 0.6 is 11.3 Å². The molecule has 4 N–H and O–H groups in total. The van der Waals surface area contributed by atoms with Crippen LogP contribution in [-0.2, 0) is 14.4 Å². The topological polar surface area (TPSA) is 146 Å². The number of aliphatic hydroxyl groups is 1. The van der Waals surface area contributed by atoms with Gasteiger partial charge >= 0.3 is 6.18 Å². The molecule has 3 aromatic rings. The largest absolute Gasteiger partial charge is 0.405 e. The molecule has 1 fully saturated rings. The highest BCUT2D eigenvalue weighted by molar-refractivity contribution is 7.21. The van der Waals surface area contributed by atoms with Crippen LogP contribution < -0.4 is 16.0 Å². The Morgan fingerprint density at radius 1 is 1.10 bits per heavy atom. The first kappa shape index (κ1) is 34.4. The number of thiazole rings is 1. The van der Waals surface area contributed by atoms with Gasteiger partial charge in [-0.2, -0.15) is 18.2 Å². The molecule has 40 heavy (non-hydrogen) atoms. The molecule has 220 valence electrons. The average Bonchev–Trinajstić information content (AvgIpc) is 3.60. The average molecular weight is 585 g/mol. The van der Waals surface area contributed by atoms with Crippen LogP contribution in [0.5, 0.6) is 0 Å². The van der Waals surface area contributed by atoms with Gasteiger partial charge in [-0.25, -0.2) is 9.97 Å². The molecule has 0 bridgehead atoms. The van der Waals surface area contributed by atoms with Crippen LogP contribution in [0.15, 0.2) is 24.3 Å². The lowest BCUT2D eigenvalue weighted by Gasteiger charge is -2.19. The van der Waals surface area contributed by atoms with Gasteiger partial charge in [0.2, 0.25) is 11.9 Å². The lowest BCUT2D eigenvalue weighted by atomic mass is 10.1. The maximum atomic E-state index is 12.7. The van der Waals surface area contributed by atoms with Gasteiger partial charge in [0.05, 0.1) is 21.5 Å². The summed E-state index contributed by atoms with van der Waals surface area (Å²) in [6.45, 7) is 8.41. The number of aryl methyl sites for hydroxylation is 1. The third-order valence-electron chi connectivity index (χ3n) is 5.66. The molecule has 0 aliphatic heterocycles. The number of carbonyl (C=O) groups excluding carboxylic acids is 3. The number of anilines is 2. The normalized spacial score (nSPS) is 15.9. The quantitative estimate of drug-likeness (QED) is 0.303. The van der Waals surface area contributed by atoms with Crippen LogP contribution in [0.1, 0.15) is 38.8 Å². The Morgan fingerprint density at radius 3 is 2.40 bits per heavy atom. The molecule has 1 aromatic carbocycles. The number of nitrogens with one attached hydrogen (secondary N) is 3. The Labute approximate surface area is 234 Å². The van der Waals surface area contributed by atoms with E-state index in [1.165, 1.54) is 11.3 Å². The number of halogens is 3. The molecule has 0 spiro atoms. The monoisotopic (exact) mass is 584 g/mol. The second-order valence-corrected chi connectivity index (χ2v) is 9.32. The number of hydrogen-bond donors (Lipinski definition) is 4. The molecule has 1 amide bonds. The van der Waals surface area contributed by atoms with Crippen molar-refractivity contribution in [3.8, 4) is 10.6 Å². The molecular formula is C26H35F3N6O4S. The van der Waals surface area contributed by atoms with E-state index in [1.54, 1.807) is 6.92 Å². The zero-order chi connectivity index (χ0) is 30.3. The third kappa shape index (κ3) is 10.2. The number of para-hydroxylation sites is 1. The van der Waals surface area contributed by atoms with Crippen LogP contribution in [0.25, 0.3) is 20.8 Å². The van der Waals surface area contributed by atoms with Gasteiger partial charge in [0, 0.05) is 12.6 Å². The summed E-state index contributed by atoms with van der Waals surface area (Å²) in [5.41, 5.74) is 2.01. The van der Waals surface area contributed by atoms with Gasteiger partial charge in [-0.1, -0.05) is 26.0 Å². The number of alkyl halides is 3. The van der Waals surface area contributed by atoms with Gasteiger partial charge in [-0.05, 0) is 44.2 Å². The summed E-state index contributed by atoms with van der Waals surface area (Å²) in [6.07, 6.45) is -1.97. The highest BCUT2D eigenvalue weighted by Gasteiger charge is 2.29. The zero-order valence-electron chi connectivity index (χ0n) is 22.7. The van der Waals surface area contributed by atoms with E-state index in [4.69, 9.17) is 19.7 Å². The Hall–Kier alpha value is -3.65. The molecule has 0 saturated heterocycles. The van der Waals surface area contributed by atoms with Gasteiger partial charge in [0.15, 0.2) is 0 Å². The highest BCUT2D eigenvalue weighted by atomic mass is 32.1. The summed E-state index contributed by atoms with van der Waals surface area (Å²) >= 11 is 1.47.